The molecule has 0 radical (unpaired) electrons. The third kappa shape index (κ3) is 6.21. The van der Waals surface area contributed by atoms with E-state index in [1.165, 1.54) is 13.2 Å². The summed E-state index contributed by atoms with van der Waals surface area (Å²) in [4.78, 5) is 14.1. The summed E-state index contributed by atoms with van der Waals surface area (Å²) in [6.07, 6.45) is 0. The van der Waals surface area contributed by atoms with Gasteiger partial charge in [0.1, 0.15) is 0 Å². The molecular formula is C20H24F2N2O3. The highest BCUT2D eigenvalue weighted by atomic mass is 19.3. The van der Waals surface area contributed by atoms with Crippen LogP contribution in [0.3, 0.4) is 0 Å². The van der Waals surface area contributed by atoms with Crippen molar-refractivity contribution in [1.29, 1.82) is 0 Å². The van der Waals surface area contributed by atoms with Gasteiger partial charge in [-0.15, -0.1) is 0 Å². The predicted molar refractivity (Wildman–Crippen MR) is 101 cm³/mol. The first kappa shape index (κ1) is 20.6. The summed E-state index contributed by atoms with van der Waals surface area (Å²) in [5.41, 5.74) is 3.68. The van der Waals surface area contributed by atoms with Gasteiger partial charge in [0.2, 0.25) is 5.91 Å². The number of nitrogens with zero attached hydrogens (tertiary/aromatic N) is 1. The Bertz CT molecular complexity index is 797. The summed E-state index contributed by atoms with van der Waals surface area (Å²) in [5, 5.41) is 2.91. The normalized spacial score (nSPS) is 11.0. The van der Waals surface area contributed by atoms with Gasteiger partial charge in [0.05, 0.1) is 13.7 Å². The van der Waals surface area contributed by atoms with Crippen molar-refractivity contribution in [2.45, 2.75) is 27.0 Å². The van der Waals surface area contributed by atoms with Gasteiger partial charge in [0.25, 0.3) is 0 Å². The molecule has 2 rings (SSSR count). The molecule has 0 fully saturated rings. The molecule has 0 saturated carbocycles. The molecule has 2 aromatic carbocycles. The largest absolute Gasteiger partial charge is 0.493 e. The van der Waals surface area contributed by atoms with E-state index in [2.05, 4.69) is 10.1 Å². The maximum atomic E-state index is 12.4. The Morgan fingerprint density at radius 3 is 2.56 bits per heavy atom. The minimum absolute atomic E-state index is 0.0217. The summed E-state index contributed by atoms with van der Waals surface area (Å²) in [6, 6.07) is 10.6. The van der Waals surface area contributed by atoms with Gasteiger partial charge in [-0.3, -0.25) is 9.69 Å². The summed E-state index contributed by atoms with van der Waals surface area (Å²) in [5.74, 6) is 0.0726. The number of likely N-dealkylation sites (N-methyl/N-ethyl adjacent to an activating group) is 1. The van der Waals surface area contributed by atoms with Crippen molar-refractivity contribution in [1.82, 2.24) is 4.90 Å². The molecule has 1 amide bonds. The zero-order valence-corrected chi connectivity index (χ0v) is 15.9. The second-order valence-electron chi connectivity index (χ2n) is 6.40. The van der Waals surface area contributed by atoms with E-state index in [0.717, 1.165) is 22.4 Å². The number of alkyl halides is 2. The highest BCUT2D eigenvalue weighted by Crippen LogP contribution is 2.29. The fraction of sp³-hybridized carbons (Fsp3) is 0.350. The number of aryl methyl sites for hydroxylation is 2. The van der Waals surface area contributed by atoms with Crippen LogP contribution in [0.1, 0.15) is 16.7 Å². The number of hydrogen-bond donors (Lipinski definition) is 1. The Morgan fingerprint density at radius 1 is 1.15 bits per heavy atom. The lowest BCUT2D eigenvalue weighted by Gasteiger charge is -2.18. The van der Waals surface area contributed by atoms with Crippen molar-refractivity contribution >= 4 is 11.6 Å². The van der Waals surface area contributed by atoms with Crippen molar-refractivity contribution in [2.75, 3.05) is 26.0 Å². The van der Waals surface area contributed by atoms with Crippen molar-refractivity contribution in [2.24, 2.45) is 0 Å². The van der Waals surface area contributed by atoms with Crippen LogP contribution in [0.25, 0.3) is 0 Å². The molecule has 0 heterocycles. The molecule has 0 unspecified atom stereocenters. The van der Waals surface area contributed by atoms with E-state index in [0.29, 0.717) is 6.54 Å². The second kappa shape index (κ2) is 9.32. The minimum atomic E-state index is -2.92. The minimum Gasteiger partial charge on any atom is -0.493 e. The maximum absolute atomic E-state index is 12.4. The van der Waals surface area contributed by atoms with Crippen LogP contribution in [-0.4, -0.2) is 38.1 Å². The zero-order chi connectivity index (χ0) is 20.0. The molecule has 0 saturated heterocycles. The molecule has 0 aromatic heterocycles. The topological polar surface area (TPSA) is 50.8 Å². The van der Waals surface area contributed by atoms with Crippen LogP contribution in [0.4, 0.5) is 14.5 Å². The fourth-order valence-electron chi connectivity index (χ4n) is 2.68. The van der Waals surface area contributed by atoms with E-state index in [4.69, 9.17) is 4.74 Å². The number of methoxy groups -OCH3 is 1. The number of benzene rings is 2. The van der Waals surface area contributed by atoms with Crippen molar-refractivity contribution in [3.05, 3.63) is 53.1 Å². The number of ether oxygens (including phenoxy) is 2. The Hall–Kier alpha value is -2.67. The van der Waals surface area contributed by atoms with E-state index in [-0.39, 0.29) is 24.0 Å². The van der Waals surface area contributed by atoms with E-state index < -0.39 is 6.61 Å². The van der Waals surface area contributed by atoms with Crippen molar-refractivity contribution in [3.63, 3.8) is 0 Å². The fourth-order valence-corrected chi connectivity index (χ4v) is 2.68. The highest BCUT2D eigenvalue weighted by Gasteiger charge is 2.13. The van der Waals surface area contributed by atoms with E-state index in [1.54, 1.807) is 19.2 Å². The van der Waals surface area contributed by atoms with Crippen LogP contribution in [0.2, 0.25) is 0 Å². The Kier molecular flexibility index (Phi) is 7.12. The predicted octanol–water partition coefficient (Wildman–Crippen LogP) is 3.98. The summed E-state index contributed by atoms with van der Waals surface area (Å²) >= 11 is 0. The van der Waals surface area contributed by atoms with Gasteiger partial charge in [-0.25, -0.2) is 0 Å². The standard InChI is InChI=1S/C20H24F2N2O3/c1-13-5-6-14(2)16(9-13)23-19(25)12-24(3)11-15-7-8-17(27-20(21)22)18(10-15)26-4/h5-10,20H,11-12H2,1-4H3,(H,23,25). The third-order valence-electron chi connectivity index (χ3n) is 3.98. The van der Waals surface area contributed by atoms with Gasteiger partial charge in [-0.1, -0.05) is 18.2 Å². The quantitative estimate of drug-likeness (QED) is 0.755. The lowest BCUT2D eigenvalue weighted by Crippen LogP contribution is -2.30. The first-order valence-corrected chi connectivity index (χ1v) is 8.46. The van der Waals surface area contributed by atoms with E-state index in [1.807, 2.05) is 36.9 Å². The van der Waals surface area contributed by atoms with Gasteiger partial charge < -0.3 is 14.8 Å². The lowest BCUT2D eigenvalue weighted by atomic mass is 10.1. The number of nitrogens with one attached hydrogen (secondary N) is 1. The van der Waals surface area contributed by atoms with Gasteiger partial charge in [-0.2, -0.15) is 8.78 Å². The molecule has 27 heavy (non-hydrogen) atoms. The van der Waals surface area contributed by atoms with E-state index in [9.17, 15) is 13.6 Å². The van der Waals surface area contributed by atoms with Crippen LogP contribution in [-0.2, 0) is 11.3 Å². The van der Waals surface area contributed by atoms with Gasteiger partial charge >= 0.3 is 6.61 Å². The van der Waals surface area contributed by atoms with Gasteiger partial charge in [0, 0.05) is 12.2 Å². The Morgan fingerprint density at radius 2 is 1.89 bits per heavy atom. The Labute approximate surface area is 157 Å². The molecule has 5 nitrogen and oxygen atoms in total. The zero-order valence-electron chi connectivity index (χ0n) is 15.9. The molecule has 146 valence electrons. The lowest BCUT2D eigenvalue weighted by molar-refractivity contribution is -0.117. The number of carbonyl (C=O) groups is 1. The molecule has 1 N–H and O–H groups in total. The molecule has 0 aliphatic carbocycles. The van der Waals surface area contributed by atoms with Crippen LogP contribution in [0.15, 0.2) is 36.4 Å². The first-order chi connectivity index (χ1) is 12.8. The molecule has 2 aromatic rings. The van der Waals surface area contributed by atoms with Crippen molar-refractivity contribution in [3.8, 4) is 11.5 Å². The van der Waals surface area contributed by atoms with Gasteiger partial charge in [-0.05, 0) is 55.8 Å². The van der Waals surface area contributed by atoms with Crippen LogP contribution < -0.4 is 14.8 Å². The third-order valence-corrected chi connectivity index (χ3v) is 3.98. The molecule has 0 aliphatic rings. The first-order valence-electron chi connectivity index (χ1n) is 8.46. The molecule has 7 heteroatoms. The smallest absolute Gasteiger partial charge is 0.387 e. The summed E-state index contributed by atoms with van der Waals surface area (Å²) < 4.78 is 34.3. The molecule has 0 bridgehead atoms. The number of halogens is 2. The van der Waals surface area contributed by atoms with E-state index >= 15 is 0 Å². The maximum Gasteiger partial charge on any atom is 0.387 e. The van der Waals surface area contributed by atoms with Crippen molar-refractivity contribution < 1.29 is 23.0 Å². The molecule has 0 spiro atoms. The monoisotopic (exact) mass is 378 g/mol. The van der Waals surface area contributed by atoms with Gasteiger partial charge in [0.15, 0.2) is 11.5 Å². The average Bonchev–Trinajstić information content (AvgIpc) is 2.58. The molecule has 0 atom stereocenters. The SMILES string of the molecule is COc1cc(CN(C)CC(=O)Nc2cc(C)ccc2C)ccc1OC(F)F. The summed E-state index contributed by atoms with van der Waals surface area (Å²) in [7, 11) is 3.19. The average molecular weight is 378 g/mol. The number of anilines is 1. The second-order valence-corrected chi connectivity index (χ2v) is 6.40. The number of carbonyl (C=O) groups excluding carboxylic acids is 1. The molecule has 0 aliphatic heterocycles. The number of amides is 1. The van der Waals surface area contributed by atoms with Crippen LogP contribution in [0, 0.1) is 13.8 Å². The Balaban J connectivity index is 1.97. The summed E-state index contributed by atoms with van der Waals surface area (Å²) in [6.45, 7) is 1.63. The molecular weight excluding hydrogens is 354 g/mol. The number of rotatable bonds is 8. The van der Waals surface area contributed by atoms with Crippen LogP contribution in [0.5, 0.6) is 11.5 Å². The number of hydrogen-bond acceptors (Lipinski definition) is 4. The van der Waals surface area contributed by atoms with Crippen LogP contribution >= 0.6 is 0 Å². The highest BCUT2D eigenvalue weighted by molar-refractivity contribution is 5.93.